The summed E-state index contributed by atoms with van der Waals surface area (Å²) >= 11 is 0. The molecule has 2 N–H and O–H groups in total. The van der Waals surface area contributed by atoms with Gasteiger partial charge in [-0.25, -0.2) is 4.98 Å². The molecule has 0 bridgehead atoms. The molecule has 0 spiro atoms. The second kappa shape index (κ2) is 4.25. The summed E-state index contributed by atoms with van der Waals surface area (Å²) in [6.45, 7) is 1.58. The topological polar surface area (TPSA) is 72.1 Å². The minimum atomic E-state index is -0.219. The molecule has 2 heterocycles. The number of nitrogens with two attached hydrogens (primary N) is 1. The average Bonchev–Trinajstić information content (AvgIpc) is 2.30. The Morgan fingerprint density at radius 3 is 3.07 bits per heavy atom. The highest BCUT2D eigenvalue weighted by Gasteiger charge is 2.24. The van der Waals surface area contributed by atoms with Crippen LogP contribution in [0.3, 0.4) is 0 Å². The highest BCUT2D eigenvalue weighted by molar-refractivity contribution is 5.77. The molecule has 1 amide bonds. The first-order valence-electron chi connectivity index (χ1n) is 5.07. The molecular weight excluding hydrogens is 192 g/mol. The Morgan fingerprint density at radius 1 is 1.53 bits per heavy atom. The van der Waals surface area contributed by atoms with Crippen LogP contribution in [-0.2, 0) is 4.79 Å². The first kappa shape index (κ1) is 9.89. The first-order valence-corrected chi connectivity index (χ1v) is 5.07. The van der Waals surface area contributed by atoms with Gasteiger partial charge < -0.3 is 10.6 Å². The monoisotopic (exact) mass is 206 g/mol. The van der Waals surface area contributed by atoms with Crippen molar-refractivity contribution in [1.29, 1.82) is 0 Å². The Morgan fingerprint density at radius 2 is 2.40 bits per heavy atom. The Kier molecular flexibility index (Phi) is 2.80. The number of hydrogen-bond acceptors (Lipinski definition) is 4. The molecule has 0 aromatic carbocycles. The quantitative estimate of drug-likeness (QED) is 0.749. The number of rotatable bonds is 2. The smallest absolute Gasteiger partial charge is 0.222 e. The van der Waals surface area contributed by atoms with Crippen molar-refractivity contribution >= 4 is 11.7 Å². The number of nitrogens with zero attached hydrogens (tertiary/aromatic N) is 3. The molecule has 5 nitrogen and oxygen atoms in total. The van der Waals surface area contributed by atoms with E-state index in [0.717, 1.165) is 25.2 Å². The van der Waals surface area contributed by atoms with E-state index in [-0.39, 0.29) is 11.8 Å². The first-order chi connectivity index (χ1) is 7.27. The predicted octanol–water partition coefficient (Wildman–Crippen LogP) is 0.178. The molecule has 1 aromatic heterocycles. The van der Waals surface area contributed by atoms with E-state index in [2.05, 4.69) is 14.9 Å². The molecule has 1 atom stereocenters. The fourth-order valence-electron chi connectivity index (χ4n) is 1.87. The van der Waals surface area contributed by atoms with Crippen molar-refractivity contribution in [3.05, 3.63) is 18.6 Å². The summed E-state index contributed by atoms with van der Waals surface area (Å²) in [4.78, 5) is 21.4. The minimum absolute atomic E-state index is 0.0549. The van der Waals surface area contributed by atoms with Gasteiger partial charge in [-0.15, -0.1) is 0 Å². The van der Waals surface area contributed by atoms with Crippen molar-refractivity contribution in [2.45, 2.75) is 12.8 Å². The van der Waals surface area contributed by atoms with Gasteiger partial charge in [0.2, 0.25) is 5.91 Å². The largest absolute Gasteiger partial charge is 0.369 e. The van der Waals surface area contributed by atoms with E-state index >= 15 is 0 Å². The van der Waals surface area contributed by atoms with Crippen molar-refractivity contribution in [2.24, 2.45) is 11.7 Å². The Balaban J connectivity index is 2.08. The summed E-state index contributed by atoms with van der Waals surface area (Å²) in [7, 11) is 0. The van der Waals surface area contributed by atoms with E-state index in [9.17, 15) is 4.79 Å². The van der Waals surface area contributed by atoms with Gasteiger partial charge >= 0.3 is 0 Å². The average molecular weight is 206 g/mol. The van der Waals surface area contributed by atoms with Crippen LogP contribution in [0.25, 0.3) is 0 Å². The third-order valence-corrected chi connectivity index (χ3v) is 2.70. The second-order valence-electron chi connectivity index (χ2n) is 3.75. The fourth-order valence-corrected chi connectivity index (χ4v) is 1.87. The number of carbonyl (C=O) groups excluding carboxylic acids is 1. The second-order valence-corrected chi connectivity index (χ2v) is 3.75. The normalized spacial score (nSPS) is 21.3. The number of anilines is 1. The van der Waals surface area contributed by atoms with E-state index in [1.54, 1.807) is 18.6 Å². The lowest BCUT2D eigenvalue weighted by Gasteiger charge is -2.31. The zero-order valence-corrected chi connectivity index (χ0v) is 8.47. The zero-order valence-electron chi connectivity index (χ0n) is 8.47. The number of piperidine rings is 1. The van der Waals surface area contributed by atoms with Crippen molar-refractivity contribution in [3.63, 3.8) is 0 Å². The Labute approximate surface area is 88.3 Å². The highest BCUT2D eigenvalue weighted by atomic mass is 16.1. The molecule has 1 saturated heterocycles. The maximum absolute atomic E-state index is 11.1. The standard InChI is InChI=1S/C10H14N4O/c11-10(15)8-2-1-5-14(7-8)9-6-12-3-4-13-9/h3-4,6,8H,1-2,5,7H2,(H2,11,15). The molecule has 80 valence electrons. The van der Waals surface area contributed by atoms with E-state index in [1.807, 2.05) is 0 Å². The lowest BCUT2D eigenvalue weighted by Crippen LogP contribution is -2.41. The van der Waals surface area contributed by atoms with Gasteiger partial charge in [0.25, 0.3) is 0 Å². The van der Waals surface area contributed by atoms with Crippen molar-refractivity contribution in [2.75, 3.05) is 18.0 Å². The Bertz CT molecular complexity index is 341. The number of hydrogen-bond donors (Lipinski definition) is 1. The van der Waals surface area contributed by atoms with Crippen LogP contribution in [0.15, 0.2) is 18.6 Å². The summed E-state index contributed by atoms with van der Waals surface area (Å²) in [6.07, 6.45) is 6.86. The summed E-state index contributed by atoms with van der Waals surface area (Å²) in [5.41, 5.74) is 5.31. The van der Waals surface area contributed by atoms with Crippen molar-refractivity contribution in [3.8, 4) is 0 Å². The third kappa shape index (κ3) is 2.23. The van der Waals surface area contributed by atoms with Crippen LogP contribution in [0.5, 0.6) is 0 Å². The lowest BCUT2D eigenvalue weighted by molar-refractivity contribution is -0.122. The van der Waals surface area contributed by atoms with E-state index in [0.29, 0.717) is 6.54 Å². The van der Waals surface area contributed by atoms with Gasteiger partial charge in [0.1, 0.15) is 5.82 Å². The molecule has 1 aliphatic rings. The fraction of sp³-hybridized carbons (Fsp3) is 0.500. The zero-order chi connectivity index (χ0) is 10.7. The summed E-state index contributed by atoms with van der Waals surface area (Å²) in [5.74, 6) is 0.549. The molecule has 1 aliphatic heterocycles. The molecule has 1 aromatic rings. The maximum atomic E-state index is 11.1. The number of primary amides is 1. The molecule has 2 rings (SSSR count). The third-order valence-electron chi connectivity index (χ3n) is 2.70. The molecule has 1 unspecified atom stereocenters. The van der Waals surface area contributed by atoms with Crippen LogP contribution in [0.4, 0.5) is 5.82 Å². The van der Waals surface area contributed by atoms with Crippen molar-refractivity contribution < 1.29 is 4.79 Å². The summed E-state index contributed by atoms with van der Waals surface area (Å²) in [5, 5.41) is 0. The molecule has 0 saturated carbocycles. The van der Waals surface area contributed by atoms with Gasteiger partial charge in [0, 0.05) is 25.5 Å². The van der Waals surface area contributed by atoms with E-state index < -0.39 is 0 Å². The van der Waals surface area contributed by atoms with Gasteiger partial charge in [0.05, 0.1) is 12.1 Å². The SMILES string of the molecule is NC(=O)C1CCCN(c2cnccn2)C1. The van der Waals surface area contributed by atoms with Gasteiger partial charge in [-0.2, -0.15) is 0 Å². The lowest BCUT2D eigenvalue weighted by atomic mass is 9.98. The predicted molar refractivity (Wildman–Crippen MR) is 56.2 cm³/mol. The van der Waals surface area contributed by atoms with Crippen LogP contribution in [0, 0.1) is 5.92 Å². The highest BCUT2D eigenvalue weighted by Crippen LogP contribution is 2.20. The summed E-state index contributed by atoms with van der Waals surface area (Å²) in [6, 6.07) is 0. The van der Waals surface area contributed by atoms with E-state index in [1.165, 1.54) is 0 Å². The van der Waals surface area contributed by atoms with Gasteiger partial charge in [-0.05, 0) is 12.8 Å². The number of aromatic nitrogens is 2. The number of carbonyl (C=O) groups is 1. The molecule has 15 heavy (non-hydrogen) atoms. The number of amides is 1. The van der Waals surface area contributed by atoms with Crippen LogP contribution >= 0.6 is 0 Å². The molecule has 5 heteroatoms. The minimum Gasteiger partial charge on any atom is -0.369 e. The molecular formula is C10H14N4O. The summed E-state index contributed by atoms with van der Waals surface area (Å²) < 4.78 is 0. The van der Waals surface area contributed by atoms with Gasteiger partial charge in [-0.3, -0.25) is 9.78 Å². The van der Waals surface area contributed by atoms with Crippen LogP contribution in [-0.4, -0.2) is 29.0 Å². The van der Waals surface area contributed by atoms with Gasteiger partial charge in [0.15, 0.2) is 0 Å². The van der Waals surface area contributed by atoms with E-state index in [4.69, 9.17) is 5.73 Å². The maximum Gasteiger partial charge on any atom is 0.222 e. The van der Waals surface area contributed by atoms with Crippen LogP contribution in [0.1, 0.15) is 12.8 Å². The van der Waals surface area contributed by atoms with Crippen LogP contribution in [0.2, 0.25) is 0 Å². The molecule has 0 aliphatic carbocycles. The molecule has 1 fully saturated rings. The molecule has 0 radical (unpaired) electrons. The Hall–Kier alpha value is -1.65. The van der Waals surface area contributed by atoms with Crippen LogP contribution < -0.4 is 10.6 Å². The van der Waals surface area contributed by atoms with Crippen molar-refractivity contribution in [1.82, 2.24) is 9.97 Å². The van der Waals surface area contributed by atoms with Gasteiger partial charge in [-0.1, -0.05) is 0 Å².